The van der Waals surface area contributed by atoms with E-state index in [9.17, 15) is 0 Å². The zero-order valence-corrected chi connectivity index (χ0v) is 31.2. The van der Waals surface area contributed by atoms with Gasteiger partial charge in [-0.2, -0.15) is 0 Å². The van der Waals surface area contributed by atoms with Gasteiger partial charge in [0.15, 0.2) is 0 Å². The van der Waals surface area contributed by atoms with Crippen molar-refractivity contribution in [3.8, 4) is 39.1 Å². The van der Waals surface area contributed by atoms with Crippen molar-refractivity contribution in [1.82, 2.24) is 4.57 Å². The van der Waals surface area contributed by atoms with Crippen molar-refractivity contribution < 1.29 is 0 Å². The SMILES string of the molecule is c1ccc(-c2ccc3c(c2N(c2ccccc2)c2ccc4c(c2)C2(c5ccccc5-c5ccccc52)c2ccccc2-4)c2ccccc2n3-c2ccccc2)cc1. The van der Waals surface area contributed by atoms with Gasteiger partial charge in [-0.25, -0.2) is 0 Å². The zero-order chi connectivity index (χ0) is 37.5. The molecular formula is C55H36N2. The van der Waals surface area contributed by atoms with E-state index < -0.39 is 5.41 Å². The Hall–Kier alpha value is -7.42. The first-order chi connectivity index (χ1) is 28.3. The Morgan fingerprint density at radius 3 is 1.51 bits per heavy atom. The van der Waals surface area contributed by atoms with E-state index in [1.54, 1.807) is 0 Å². The van der Waals surface area contributed by atoms with Crippen LogP contribution in [0, 0.1) is 0 Å². The Morgan fingerprint density at radius 1 is 0.351 bits per heavy atom. The number of hydrogen-bond acceptors (Lipinski definition) is 1. The topological polar surface area (TPSA) is 8.17 Å². The van der Waals surface area contributed by atoms with Crippen LogP contribution >= 0.6 is 0 Å². The normalized spacial score (nSPS) is 13.1. The predicted molar refractivity (Wildman–Crippen MR) is 237 cm³/mol. The second kappa shape index (κ2) is 12.3. The molecule has 9 aromatic carbocycles. The van der Waals surface area contributed by atoms with Crippen molar-refractivity contribution in [3.05, 3.63) is 241 Å². The first-order valence-electron chi connectivity index (χ1n) is 19.8. The Kier molecular flexibility index (Phi) is 6.88. The maximum Gasteiger partial charge on any atom is 0.0726 e. The third-order valence-electron chi connectivity index (χ3n) is 12.4. The average Bonchev–Trinajstić information content (AvgIpc) is 3.89. The molecule has 0 unspecified atom stereocenters. The van der Waals surface area contributed by atoms with E-state index in [-0.39, 0.29) is 0 Å². The quantitative estimate of drug-likeness (QED) is 0.172. The molecule has 266 valence electrons. The number of anilines is 3. The number of para-hydroxylation sites is 3. The van der Waals surface area contributed by atoms with Gasteiger partial charge in [0, 0.05) is 33.4 Å². The van der Waals surface area contributed by atoms with Crippen LogP contribution in [-0.4, -0.2) is 4.57 Å². The molecule has 2 aliphatic rings. The summed E-state index contributed by atoms with van der Waals surface area (Å²) in [6, 6.07) is 80.5. The molecule has 2 aliphatic carbocycles. The monoisotopic (exact) mass is 724 g/mol. The largest absolute Gasteiger partial charge is 0.309 e. The lowest BCUT2D eigenvalue weighted by Crippen LogP contribution is -2.26. The number of fused-ring (bicyclic) bond motifs is 13. The minimum absolute atomic E-state index is 0.449. The summed E-state index contributed by atoms with van der Waals surface area (Å²) >= 11 is 0. The fraction of sp³-hybridized carbons (Fsp3) is 0.0182. The maximum atomic E-state index is 2.52. The molecule has 0 amide bonds. The van der Waals surface area contributed by atoms with Gasteiger partial charge in [0.1, 0.15) is 0 Å². The van der Waals surface area contributed by atoms with Gasteiger partial charge in [0.2, 0.25) is 0 Å². The minimum Gasteiger partial charge on any atom is -0.309 e. The highest BCUT2D eigenvalue weighted by Gasteiger charge is 2.51. The molecule has 1 aromatic heterocycles. The van der Waals surface area contributed by atoms with E-state index in [2.05, 4.69) is 228 Å². The molecule has 0 radical (unpaired) electrons. The number of aromatic nitrogens is 1. The van der Waals surface area contributed by atoms with E-state index in [1.807, 2.05) is 0 Å². The van der Waals surface area contributed by atoms with E-state index in [4.69, 9.17) is 0 Å². The van der Waals surface area contributed by atoms with Crippen LogP contribution in [0.4, 0.5) is 17.1 Å². The van der Waals surface area contributed by atoms with Crippen LogP contribution in [-0.2, 0) is 5.41 Å². The number of rotatable bonds is 5. The summed E-state index contributed by atoms with van der Waals surface area (Å²) in [4.78, 5) is 2.52. The molecule has 0 fully saturated rings. The first kappa shape index (κ1) is 31.9. The van der Waals surface area contributed by atoms with Gasteiger partial charge in [-0.05, 0) is 98.6 Å². The third-order valence-corrected chi connectivity index (χ3v) is 12.4. The van der Waals surface area contributed by atoms with Crippen molar-refractivity contribution >= 4 is 38.9 Å². The minimum atomic E-state index is -0.449. The van der Waals surface area contributed by atoms with Gasteiger partial charge in [0.05, 0.1) is 22.1 Å². The van der Waals surface area contributed by atoms with Crippen molar-refractivity contribution in [3.63, 3.8) is 0 Å². The van der Waals surface area contributed by atoms with Gasteiger partial charge in [-0.15, -0.1) is 0 Å². The standard InChI is InChI=1S/C55H36N2/c1-4-18-37(19-5-1)41-34-35-52-53(46-27-13-17-31-51(46)57(52)39-22-8-3-9-23-39)54(41)56(38-20-6-2-7-21-38)40-32-33-45-44-26-12-16-30-49(44)55(50(45)36-40)47-28-14-10-24-42(47)43-25-11-15-29-48(43)55/h1-36H. The fourth-order valence-electron chi connectivity index (χ4n) is 10.2. The van der Waals surface area contributed by atoms with E-state index >= 15 is 0 Å². The molecule has 12 rings (SSSR count). The molecule has 0 N–H and O–H groups in total. The van der Waals surface area contributed by atoms with E-state index in [0.29, 0.717) is 0 Å². The van der Waals surface area contributed by atoms with Crippen molar-refractivity contribution in [2.45, 2.75) is 5.41 Å². The number of nitrogens with zero attached hydrogens (tertiary/aromatic N) is 2. The summed E-state index contributed by atoms with van der Waals surface area (Å²) in [7, 11) is 0. The molecule has 10 aromatic rings. The molecule has 0 saturated heterocycles. The van der Waals surface area contributed by atoms with Crippen LogP contribution in [0.5, 0.6) is 0 Å². The Morgan fingerprint density at radius 2 is 0.860 bits per heavy atom. The van der Waals surface area contributed by atoms with Crippen molar-refractivity contribution in [1.29, 1.82) is 0 Å². The second-order valence-corrected chi connectivity index (χ2v) is 15.2. The lowest BCUT2D eigenvalue weighted by Gasteiger charge is -2.33. The lowest BCUT2D eigenvalue weighted by molar-refractivity contribution is 0.793. The van der Waals surface area contributed by atoms with Gasteiger partial charge in [0.25, 0.3) is 0 Å². The van der Waals surface area contributed by atoms with Gasteiger partial charge in [-0.1, -0.05) is 170 Å². The number of benzene rings is 9. The highest BCUT2D eigenvalue weighted by Crippen LogP contribution is 2.63. The highest BCUT2D eigenvalue weighted by molar-refractivity contribution is 6.19. The summed E-state index contributed by atoms with van der Waals surface area (Å²) in [5, 5.41) is 2.43. The average molecular weight is 725 g/mol. The molecule has 0 atom stereocenters. The zero-order valence-electron chi connectivity index (χ0n) is 31.2. The second-order valence-electron chi connectivity index (χ2n) is 15.2. The van der Waals surface area contributed by atoms with Crippen LogP contribution in [0.2, 0.25) is 0 Å². The lowest BCUT2D eigenvalue weighted by atomic mass is 9.70. The van der Waals surface area contributed by atoms with Crippen LogP contribution in [0.3, 0.4) is 0 Å². The van der Waals surface area contributed by atoms with E-state index in [1.165, 1.54) is 77.4 Å². The smallest absolute Gasteiger partial charge is 0.0726 e. The molecule has 2 nitrogen and oxygen atoms in total. The van der Waals surface area contributed by atoms with E-state index in [0.717, 1.165) is 22.7 Å². The van der Waals surface area contributed by atoms with Crippen molar-refractivity contribution in [2.24, 2.45) is 0 Å². The van der Waals surface area contributed by atoms with Crippen LogP contribution in [0.25, 0.3) is 60.9 Å². The van der Waals surface area contributed by atoms with Gasteiger partial charge < -0.3 is 9.47 Å². The molecular weight excluding hydrogens is 689 g/mol. The molecule has 0 bridgehead atoms. The Balaban J connectivity index is 1.21. The molecule has 1 heterocycles. The molecule has 0 aliphatic heterocycles. The number of hydrogen-bond donors (Lipinski definition) is 0. The molecule has 0 saturated carbocycles. The fourth-order valence-corrected chi connectivity index (χ4v) is 10.2. The van der Waals surface area contributed by atoms with Gasteiger partial charge >= 0.3 is 0 Å². The summed E-state index contributed by atoms with van der Waals surface area (Å²) in [5.41, 5.74) is 19.4. The predicted octanol–water partition coefficient (Wildman–Crippen LogP) is 14.3. The summed E-state index contributed by atoms with van der Waals surface area (Å²) < 4.78 is 2.42. The molecule has 57 heavy (non-hydrogen) atoms. The van der Waals surface area contributed by atoms with Crippen LogP contribution in [0.1, 0.15) is 22.3 Å². The summed E-state index contributed by atoms with van der Waals surface area (Å²) in [6.07, 6.45) is 0. The molecule has 1 spiro atoms. The summed E-state index contributed by atoms with van der Waals surface area (Å²) in [5.74, 6) is 0. The maximum absolute atomic E-state index is 2.52. The third kappa shape index (κ3) is 4.41. The van der Waals surface area contributed by atoms with Crippen LogP contribution in [0.15, 0.2) is 218 Å². The Bertz CT molecular complexity index is 3110. The van der Waals surface area contributed by atoms with Gasteiger partial charge in [-0.3, -0.25) is 0 Å². The first-order valence-corrected chi connectivity index (χ1v) is 19.8. The van der Waals surface area contributed by atoms with Crippen LogP contribution < -0.4 is 4.90 Å². The summed E-state index contributed by atoms with van der Waals surface area (Å²) in [6.45, 7) is 0. The highest BCUT2D eigenvalue weighted by atomic mass is 15.2. The molecule has 2 heteroatoms. The Labute approximate surface area is 332 Å². The van der Waals surface area contributed by atoms with Crippen molar-refractivity contribution in [2.75, 3.05) is 4.90 Å².